The zero-order chi connectivity index (χ0) is 16.9. The van der Waals surface area contributed by atoms with Crippen LogP contribution in [0.5, 0.6) is 0 Å². The lowest BCUT2D eigenvalue weighted by atomic mass is 10.2. The SMILES string of the molecule is CCc1nnnn1-c1ccccc1NC(=O)NCc1nccn1C. The van der Waals surface area contributed by atoms with Gasteiger partial charge < -0.3 is 15.2 Å². The second kappa shape index (κ2) is 6.90. The summed E-state index contributed by atoms with van der Waals surface area (Å²) >= 11 is 0. The highest BCUT2D eigenvalue weighted by Gasteiger charge is 2.12. The molecule has 0 fully saturated rings. The van der Waals surface area contributed by atoms with E-state index in [1.54, 1.807) is 16.9 Å². The molecule has 0 spiro atoms. The monoisotopic (exact) mass is 326 g/mol. The lowest BCUT2D eigenvalue weighted by Crippen LogP contribution is -2.29. The quantitative estimate of drug-likeness (QED) is 0.735. The van der Waals surface area contributed by atoms with E-state index in [2.05, 4.69) is 31.1 Å². The molecule has 0 aliphatic carbocycles. The molecule has 2 amide bonds. The average molecular weight is 326 g/mol. The number of carbonyl (C=O) groups excluding carboxylic acids is 1. The number of carbonyl (C=O) groups is 1. The fourth-order valence-corrected chi connectivity index (χ4v) is 2.27. The first-order valence-corrected chi connectivity index (χ1v) is 7.56. The van der Waals surface area contributed by atoms with Crippen LogP contribution in [0.25, 0.3) is 5.69 Å². The van der Waals surface area contributed by atoms with Crippen molar-refractivity contribution in [2.45, 2.75) is 19.9 Å². The zero-order valence-corrected chi connectivity index (χ0v) is 13.5. The molecule has 3 aromatic rings. The highest BCUT2D eigenvalue weighted by atomic mass is 16.2. The van der Waals surface area contributed by atoms with Gasteiger partial charge in [0, 0.05) is 25.9 Å². The summed E-state index contributed by atoms with van der Waals surface area (Å²) < 4.78 is 3.47. The number of rotatable bonds is 5. The van der Waals surface area contributed by atoms with Crippen LogP contribution in [0.1, 0.15) is 18.6 Å². The minimum absolute atomic E-state index is 0.323. The molecule has 2 N–H and O–H groups in total. The maximum Gasteiger partial charge on any atom is 0.319 e. The number of nitrogens with one attached hydrogen (secondary N) is 2. The van der Waals surface area contributed by atoms with Crippen molar-refractivity contribution < 1.29 is 4.79 Å². The second-order valence-corrected chi connectivity index (χ2v) is 5.14. The van der Waals surface area contributed by atoms with Crippen LogP contribution in [0.4, 0.5) is 10.5 Å². The van der Waals surface area contributed by atoms with Crippen molar-refractivity contribution in [2.75, 3.05) is 5.32 Å². The van der Waals surface area contributed by atoms with Crippen LogP contribution < -0.4 is 10.6 Å². The van der Waals surface area contributed by atoms with Gasteiger partial charge in [0.2, 0.25) is 0 Å². The predicted octanol–water partition coefficient (Wildman–Crippen LogP) is 1.28. The molecule has 2 heterocycles. The fourth-order valence-electron chi connectivity index (χ4n) is 2.27. The van der Waals surface area contributed by atoms with Crippen LogP contribution >= 0.6 is 0 Å². The van der Waals surface area contributed by atoms with E-state index < -0.39 is 0 Å². The van der Waals surface area contributed by atoms with Gasteiger partial charge in [-0.1, -0.05) is 19.1 Å². The Morgan fingerprint density at radius 3 is 2.83 bits per heavy atom. The number of hydrogen-bond donors (Lipinski definition) is 2. The molecule has 0 saturated heterocycles. The van der Waals surface area contributed by atoms with Crippen molar-refractivity contribution in [3.63, 3.8) is 0 Å². The van der Waals surface area contributed by atoms with E-state index in [9.17, 15) is 4.79 Å². The number of amides is 2. The van der Waals surface area contributed by atoms with E-state index in [0.29, 0.717) is 24.3 Å². The highest BCUT2D eigenvalue weighted by Crippen LogP contribution is 2.19. The van der Waals surface area contributed by atoms with Crippen LogP contribution in [0.2, 0.25) is 0 Å². The Kier molecular flexibility index (Phi) is 4.50. The van der Waals surface area contributed by atoms with E-state index in [0.717, 1.165) is 11.6 Å². The van der Waals surface area contributed by atoms with E-state index in [4.69, 9.17) is 0 Å². The standard InChI is InChI=1S/C15H18N8O/c1-3-13-19-20-21-23(13)12-7-5-4-6-11(12)18-15(24)17-10-14-16-8-9-22(14)2/h4-9H,3,10H2,1-2H3,(H2,17,18,24). The number of aryl methyl sites for hydroxylation is 2. The Hall–Kier alpha value is -3.23. The molecule has 3 rings (SSSR count). The number of nitrogens with zero attached hydrogens (tertiary/aromatic N) is 6. The van der Waals surface area contributed by atoms with Crippen LogP contribution in [-0.2, 0) is 20.0 Å². The third kappa shape index (κ3) is 3.24. The molecule has 24 heavy (non-hydrogen) atoms. The summed E-state index contributed by atoms with van der Waals surface area (Å²) in [5.41, 5.74) is 1.34. The molecule has 0 unspecified atom stereocenters. The molecule has 9 heteroatoms. The van der Waals surface area contributed by atoms with Gasteiger partial charge in [-0.2, -0.15) is 4.68 Å². The summed E-state index contributed by atoms with van der Waals surface area (Å²) in [5.74, 6) is 1.49. The highest BCUT2D eigenvalue weighted by molar-refractivity contribution is 5.91. The largest absolute Gasteiger partial charge is 0.337 e. The van der Waals surface area contributed by atoms with E-state index in [1.807, 2.05) is 42.9 Å². The Labute approximate surface area is 138 Å². The van der Waals surface area contributed by atoms with Crippen LogP contribution in [-0.4, -0.2) is 35.8 Å². The summed E-state index contributed by atoms with van der Waals surface area (Å²) in [7, 11) is 1.88. The maximum absolute atomic E-state index is 12.2. The number of benzene rings is 1. The molecular formula is C15H18N8O. The minimum Gasteiger partial charge on any atom is -0.337 e. The summed E-state index contributed by atoms with van der Waals surface area (Å²) in [6, 6.07) is 7.04. The first kappa shape index (κ1) is 15.7. The van der Waals surface area contributed by atoms with Crippen molar-refractivity contribution in [3.8, 4) is 5.69 Å². The number of tetrazole rings is 1. The third-order valence-electron chi connectivity index (χ3n) is 3.56. The molecule has 0 saturated carbocycles. The van der Waals surface area contributed by atoms with Gasteiger partial charge in [0.25, 0.3) is 0 Å². The normalized spacial score (nSPS) is 10.6. The lowest BCUT2D eigenvalue weighted by molar-refractivity contribution is 0.251. The first-order chi connectivity index (χ1) is 11.7. The van der Waals surface area contributed by atoms with E-state index in [-0.39, 0.29) is 6.03 Å². The molecule has 0 bridgehead atoms. The maximum atomic E-state index is 12.2. The minimum atomic E-state index is -0.323. The van der Waals surface area contributed by atoms with Crippen molar-refractivity contribution >= 4 is 11.7 Å². The van der Waals surface area contributed by atoms with Crippen molar-refractivity contribution in [3.05, 3.63) is 48.3 Å². The molecular weight excluding hydrogens is 308 g/mol. The predicted molar refractivity (Wildman–Crippen MR) is 87.6 cm³/mol. The Morgan fingerprint density at radius 2 is 2.08 bits per heavy atom. The molecule has 2 aromatic heterocycles. The van der Waals surface area contributed by atoms with E-state index in [1.165, 1.54) is 0 Å². The Bertz CT molecular complexity index is 837. The molecule has 124 valence electrons. The number of imidazole rings is 1. The molecule has 0 aliphatic heterocycles. The van der Waals surface area contributed by atoms with Crippen molar-refractivity contribution in [1.29, 1.82) is 0 Å². The summed E-state index contributed by atoms with van der Waals surface area (Å²) in [6.45, 7) is 2.31. The fraction of sp³-hybridized carbons (Fsp3) is 0.267. The Balaban J connectivity index is 1.73. The number of hydrogen-bond acceptors (Lipinski definition) is 5. The van der Waals surface area contributed by atoms with Crippen LogP contribution in [0, 0.1) is 0 Å². The molecule has 1 aromatic carbocycles. The van der Waals surface area contributed by atoms with Crippen LogP contribution in [0.3, 0.4) is 0 Å². The van der Waals surface area contributed by atoms with Gasteiger partial charge in [-0.3, -0.25) is 0 Å². The zero-order valence-electron chi connectivity index (χ0n) is 13.5. The average Bonchev–Trinajstić information content (AvgIpc) is 3.22. The van der Waals surface area contributed by atoms with Gasteiger partial charge in [-0.05, 0) is 22.6 Å². The van der Waals surface area contributed by atoms with Gasteiger partial charge in [0.05, 0.1) is 17.9 Å². The number of aromatic nitrogens is 6. The molecule has 9 nitrogen and oxygen atoms in total. The first-order valence-electron chi connectivity index (χ1n) is 7.56. The number of urea groups is 1. The van der Waals surface area contributed by atoms with Gasteiger partial charge in [-0.25, -0.2) is 9.78 Å². The summed E-state index contributed by atoms with van der Waals surface area (Å²) in [4.78, 5) is 16.3. The molecule has 0 aliphatic rings. The van der Waals surface area contributed by atoms with Gasteiger partial charge in [-0.15, -0.1) is 5.10 Å². The van der Waals surface area contributed by atoms with Gasteiger partial charge in [0.15, 0.2) is 5.82 Å². The smallest absolute Gasteiger partial charge is 0.319 e. The number of para-hydroxylation sites is 2. The second-order valence-electron chi connectivity index (χ2n) is 5.14. The molecule has 0 radical (unpaired) electrons. The van der Waals surface area contributed by atoms with Gasteiger partial charge >= 0.3 is 6.03 Å². The molecule has 0 atom stereocenters. The summed E-state index contributed by atoms with van der Waals surface area (Å²) in [5, 5.41) is 17.3. The summed E-state index contributed by atoms with van der Waals surface area (Å²) in [6.07, 6.45) is 4.20. The Morgan fingerprint density at radius 1 is 1.25 bits per heavy atom. The lowest BCUT2D eigenvalue weighted by Gasteiger charge is -2.12. The van der Waals surface area contributed by atoms with E-state index >= 15 is 0 Å². The number of anilines is 1. The van der Waals surface area contributed by atoms with Crippen molar-refractivity contribution in [1.82, 2.24) is 35.1 Å². The van der Waals surface area contributed by atoms with Crippen LogP contribution in [0.15, 0.2) is 36.7 Å². The third-order valence-corrected chi connectivity index (χ3v) is 3.56. The van der Waals surface area contributed by atoms with Crippen molar-refractivity contribution in [2.24, 2.45) is 7.05 Å². The topological polar surface area (TPSA) is 103 Å². The van der Waals surface area contributed by atoms with Gasteiger partial charge in [0.1, 0.15) is 5.82 Å².